The van der Waals surface area contributed by atoms with Gasteiger partial charge in [0.15, 0.2) is 0 Å². The van der Waals surface area contributed by atoms with Gasteiger partial charge in [-0.15, -0.1) is 0 Å². The lowest BCUT2D eigenvalue weighted by Gasteiger charge is -2.13. The van der Waals surface area contributed by atoms with Crippen LogP contribution in [0.2, 0.25) is 0 Å². The number of rotatable bonds is 4. The minimum Gasteiger partial charge on any atom is -0.387 e. The summed E-state index contributed by atoms with van der Waals surface area (Å²) < 4.78 is 28.7. The van der Waals surface area contributed by atoms with Gasteiger partial charge in [0.05, 0.1) is 11.4 Å². The second kappa shape index (κ2) is 6.11. The summed E-state index contributed by atoms with van der Waals surface area (Å²) in [6.07, 6.45) is 2.83. The molecule has 2 aromatic rings. The van der Waals surface area contributed by atoms with E-state index in [9.17, 15) is 8.42 Å². The lowest BCUT2D eigenvalue weighted by Crippen LogP contribution is -2.15. The largest absolute Gasteiger partial charge is 0.387 e. The molecule has 0 atom stereocenters. The first-order chi connectivity index (χ1) is 9.45. The first-order valence-electron chi connectivity index (χ1n) is 5.54. The van der Waals surface area contributed by atoms with E-state index in [1.165, 1.54) is 12.4 Å². The average Bonchev–Trinajstić information content (AvgIpc) is 2.43. The molecule has 0 fully saturated rings. The summed E-state index contributed by atoms with van der Waals surface area (Å²) in [5.41, 5.74) is 0.925. The smallest absolute Gasteiger partial charge is 0.265 e. The van der Waals surface area contributed by atoms with Crippen LogP contribution in [-0.2, 0) is 10.0 Å². The monoisotopic (exact) mass is 419 g/mol. The van der Waals surface area contributed by atoms with Gasteiger partial charge in [0.1, 0.15) is 4.90 Å². The van der Waals surface area contributed by atoms with Crippen molar-refractivity contribution in [2.24, 2.45) is 0 Å². The third kappa shape index (κ3) is 3.13. The van der Waals surface area contributed by atoms with Crippen molar-refractivity contribution < 1.29 is 8.42 Å². The van der Waals surface area contributed by atoms with E-state index in [1.807, 2.05) is 0 Å². The highest BCUT2D eigenvalue weighted by atomic mass is 79.9. The highest BCUT2D eigenvalue weighted by Crippen LogP contribution is 2.33. The van der Waals surface area contributed by atoms with Crippen LogP contribution in [0.4, 0.5) is 11.4 Å². The van der Waals surface area contributed by atoms with Gasteiger partial charge in [0, 0.05) is 28.4 Å². The molecule has 0 radical (unpaired) electrons. The molecule has 0 saturated heterocycles. The summed E-state index contributed by atoms with van der Waals surface area (Å²) in [5.74, 6) is 0. The van der Waals surface area contributed by atoms with Crippen LogP contribution in [0.5, 0.6) is 0 Å². The number of nitrogens with one attached hydrogen (secondary N) is 2. The third-order valence-electron chi connectivity index (χ3n) is 2.54. The lowest BCUT2D eigenvalue weighted by molar-refractivity contribution is 0.601. The molecule has 5 nitrogen and oxygen atoms in total. The number of anilines is 2. The van der Waals surface area contributed by atoms with Crippen molar-refractivity contribution in [1.82, 2.24) is 4.98 Å². The molecule has 20 heavy (non-hydrogen) atoms. The predicted octanol–water partition coefficient (Wildman–Crippen LogP) is 3.45. The van der Waals surface area contributed by atoms with Gasteiger partial charge >= 0.3 is 0 Å². The van der Waals surface area contributed by atoms with E-state index in [1.54, 1.807) is 31.3 Å². The molecule has 0 aliphatic rings. The lowest BCUT2D eigenvalue weighted by atomic mass is 10.3. The molecule has 0 saturated carbocycles. The van der Waals surface area contributed by atoms with Gasteiger partial charge in [-0.2, -0.15) is 0 Å². The van der Waals surface area contributed by atoms with Crippen LogP contribution >= 0.6 is 31.9 Å². The number of aromatic nitrogens is 1. The van der Waals surface area contributed by atoms with E-state index in [-0.39, 0.29) is 4.90 Å². The summed E-state index contributed by atoms with van der Waals surface area (Å²) in [7, 11) is -2.08. The number of sulfonamides is 1. The minimum atomic E-state index is -3.74. The molecule has 0 spiro atoms. The second-order valence-corrected chi connectivity index (χ2v) is 7.18. The summed E-state index contributed by atoms with van der Waals surface area (Å²) in [6.45, 7) is 0. The fourth-order valence-corrected chi connectivity index (χ4v) is 4.30. The Kier molecular flexibility index (Phi) is 4.66. The SMILES string of the molecule is CNc1ccncc1S(=O)(=O)Nc1c(Br)cccc1Br. The van der Waals surface area contributed by atoms with Gasteiger partial charge < -0.3 is 5.32 Å². The van der Waals surface area contributed by atoms with Crippen molar-refractivity contribution in [3.8, 4) is 0 Å². The highest BCUT2D eigenvalue weighted by molar-refractivity contribution is 9.11. The van der Waals surface area contributed by atoms with E-state index < -0.39 is 10.0 Å². The number of nitrogens with zero attached hydrogens (tertiary/aromatic N) is 1. The van der Waals surface area contributed by atoms with Crippen LogP contribution in [0.1, 0.15) is 0 Å². The Balaban J connectivity index is 2.47. The van der Waals surface area contributed by atoms with Crippen LogP contribution in [0.25, 0.3) is 0 Å². The van der Waals surface area contributed by atoms with E-state index in [0.29, 0.717) is 20.3 Å². The zero-order valence-electron chi connectivity index (χ0n) is 10.4. The summed E-state index contributed by atoms with van der Waals surface area (Å²) in [4.78, 5) is 3.95. The maximum absolute atomic E-state index is 12.5. The van der Waals surface area contributed by atoms with Crippen molar-refractivity contribution >= 4 is 53.3 Å². The quantitative estimate of drug-likeness (QED) is 0.794. The van der Waals surface area contributed by atoms with Crippen LogP contribution < -0.4 is 10.0 Å². The van der Waals surface area contributed by atoms with E-state index in [4.69, 9.17) is 0 Å². The Labute approximate surface area is 134 Å². The number of halogens is 2. The summed E-state index contributed by atoms with van der Waals surface area (Å²) in [5, 5.41) is 2.83. The van der Waals surface area contributed by atoms with Gasteiger partial charge in [0.25, 0.3) is 10.0 Å². The first-order valence-corrected chi connectivity index (χ1v) is 8.61. The third-order valence-corrected chi connectivity index (χ3v) is 5.24. The Morgan fingerprint density at radius 1 is 1.15 bits per heavy atom. The molecular formula is C12H11Br2N3O2S. The van der Waals surface area contributed by atoms with Gasteiger partial charge in [-0.3, -0.25) is 9.71 Å². The van der Waals surface area contributed by atoms with Gasteiger partial charge in [-0.1, -0.05) is 6.07 Å². The van der Waals surface area contributed by atoms with Gasteiger partial charge in [-0.25, -0.2) is 8.42 Å². The maximum atomic E-state index is 12.5. The molecule has 0 aliphatic heterocycles. The fraction of sp³-hybridized carbons (Fsp3) is 0.0833. The van der Waals surface area contributed by atoms with Crippen LogP contribution in [-0.4, -0.2) is 20.4 Å². The molecule has 106 valence electrons. The summed E-state index contributed by atoms with van der Waals surface area (Å²) in [6, 6.07) is 6.91. The zero-order chi connectivity index (χ0) is 14.8. The fourth-order valence-electron chi connectivity index (χ4n) is 1.59. The van der Waals surface area contributed by atoms with Crippen molar-refractivity contribution in [3.05, 3.63) is 45.6 Å². The number of pyridine rings is 1. The topological polar surface area (TPSA) is 71.1 Å². The molecule has 1 aromatic heterocycles. The Morgan fingerprint density at radius 2 is 1.80 bits per heavy atom. The first kappa shape index (κ1) is 15.3. The van der Waals surface area contributed by atoms with Crippen LogP contribution in [0, 0.1) is 0 Å². The molecule has 2 N–H and O–H groups in total. The Morgan fingerprint density at radius 3 is 2.40 bits per heavy atom. The Bertz CT molecular complexity index is 715. The molecule has 1 heterocycles. The van der Waals surface area contributed by atoms with Crippen LogP contribution in [0.3, 0.4) is 0 Å². The average molecular weight is 421 g/mol. The van der Waals surface area contributed by atoms with Crippen LogP contribution in [0.15, 0.2) is 50.5 Å². The Hall–Kier alpha value is -1.12. The van der Waals surface area contributed by atoms with E-state index in [0.717, 1.165) is 0 Å². The number of hydrogen-bond acceptors (Lipinski definition) is 4. The molecule has 0 unspecified atom stereocenters. The maximum Gasteiger partial charge on any atom is 0.265 e. The molecular weight excluding hydrogens is 410 g/mol. The summed E-state index contributed by atoms with van der Waals surface area (Å²) >= 11 is 6.64. The molecule has 8 heteroatoms. The van der Waals surface area contributed by atoms with Crippen molar-refractivity contribution in [1.29, 1.82) is 0 Å². The molecule has 1 aromatic carbocycles. The van der Waals surface area contributed by atoms with Gasteiger partial charge in [0.2, 0.25) is 0 Å². The number of benzene rings is 1. The second-order valence-electron chi connectivity index (χ2n) is 3.82. The van der Waals surface area contributed by atoms with Gasteiger partial charge in [-0.05, 0) is 50.1 Å². The zero-order valence-corrected chi connectivity index (χ0v) is 14.4. The van der Waals surface area contributed by atoms with E-state index in [2.05, 4.69) is 46.9 Å². The number of para-hydroxylation sites is 1. The van der Waals surface area contributed by atoms with Crippen molar-refractivity contribution in [3.63, 3.8) is 0 Å². The predicted molar refractivity (Wildman–Crippen MR) is 86.4 cm³/mol. The highest BCUT2D eigenvalue weighted by Gasteiger charge is 2.20. The van der Waals surface area contributed by atoms with Crippen molar-refractivity contribution in [2.45, 2.75) is 4.90 Å². The molecule has 2 rings (SSSR count). The number of hydrogen-bond donors (Lipinski definition) is 2. The van der Waals surface area contributed by atoms with E-state index >= 15 is 0 Å². The standard InChI is InChI=1S/C12H11Br2N3O2S/c1-15-10-5-6-16-7-11(10)20(18,19)17-12-8(13)3-2-4-9(12)14/h2-7,17H,1H3,(H,15,16). The minimum absolute atomic E-state index is 0.0881. The molecule has 0 bridgehead atoms. The molecule has 0 amide bonds. The molecule has 0 aliphatic carbocycles. The van der Waals surface area contributed by atoms with Crippen molar-refractivity contribution in [2.75, 3.05) is 17.1 Å². The normalized spacial score (nSPS) is 11.2.